The summed E-state index contributed by atoms with van der Waals surface area (Å²) in [5, 5.41) is 8.12. The maximum absolute atomic E-state index is 13.0. The summed E-state index contributed by atoms with van der Waals surface area (Å²) < 4.78 is 10.9. The van der Waals surface area contributed by atoms with Crippen molar-refractivity contribution in [3.05, 3.63) is 46.2 Å². The van der Waals surface area contributed by atoms with Gasteiger partial charge in [0.1, 0.15) is 6.54 Å². The molecule has 0 saturated carbocycles. The van der Waals surface area contributed by atoms with Crippen molar-refractivity contribution in [2.75, 3.05) is 20.4 Å². The summed E-state index contributed by atoms with van der Waals surface area (Å²) in [5.41, 5.74) is 1.80. The SMILES string of the molecule is CCC(=O)N(C)CC(=O)N1N=C(c2cccs2)CC1c1ccc2c(c1)OCO2. The Hall–Kier alpha value is -2.87. The summed E-state index contributed by atoms with van der Waals surface area (Å²) in [4.78, 5) is 27.3. The van der Waals surface area contributed by atoms with Gasteiger partial charge in [-0.25, -0.2) is 5.01 Å². The highest BCUT2D eigenvalue weighted by Gasteiger charge is 2.35. The molecule has 2 aliphatic heterocycles. The molecule has 1 aromatic carbocycles. The maximum atomic E-state index is 13.0. The molecular weight excluding hydrogens is 378 g/mol. The van der Waals surface area contributed by atoms with Crippen LogP contribution in [0.25, 0.3) is 0 Å². The first-order chi connectivity index (χ1) is 13.6. The fraction of sp³-hybridized carbons (Fsp3) is 0.350. The molecule has 146 valence electrons. The average Bonchev–Trinajstić information content (AvgIpc) is 3.45. The second kappa shape index (κ2) is 7.63. The van der Waals surface area contributed by atoms with Crippen LogP contribution in [0.3, 0.4) is 0 Å². The third-order valence-electron chi connectivity index (χ3n) is 4.85. The predicted octanol–water partition coefficient (Wildman–Crippen LogP) is 3.02. The summed E-state index contributed by atoms with van der Waals surface area (Å²) in [5.74, 6) is 1.09. The molecule has 8 heteroatoms. The van der Waals surface area contributed by atoms with E-state index in [1.165, 1.54) is 9.91 Å². The first-order valence-electron chi connectivity index (χ1n) is 9.13. The molecule has 2 aliphatic rings. The first kappa shape index (κ1) is 18.5. The molecule has 0 saturated heterocycles. The second-order valence-electron chi connectivity index (χ2n) is 6.70. The van der Waals surface area contributed by atoms with E-state index in [2.05, 4.69) is 5.10 Å². The molecule has 28 heavy (non-hydrogen) atoms. The van der Waals surface area contributed by atoms with Crippen LogP contribution in [-0.2, 0) is 9.59 Å². The number of hydrogen-bond donors (Lipinski definition) is 0. The van der Waals surface area contributed by atoms with Crippen LogP contribution in [-0.4, -0.2) is 47.8 Å². The van der Waals surface area contributed by atoms with Gasteiger partial charge in [0.25, 0.3) is 5.91 Å². The van der Waals surface area contributed by atoms with Crippen molar-refractivity contribution in [2.45, 2.75) is 25.8 Å². The maximum Gasteiger partial charge on any atom is 0.262 e. The normalized spacial score (nSPS) is 17.6. The summed E-state index contributed by atoms with van der Waals surface area (Å²) in [6.07, 6.45) is 0.969. The predicted molar refractivity (Wildman–Crippen MR) is 106 cm³/mol. The fourth-order valence-corrected chi connectivity index (χ4v) is 4.07. The number of benzene rings is 1. The topological polar surface area (TPSA) is 71.4 Å². The quantitative estimate of drug-likeness (QED) is 0.775. The number of hydrogen-bond acceptors (Lipinski definition) is 6. The first-order valence-corrected chi connectivity index (χ1v) is 10.0. The standard InChI is InChI=1S/C20H21N3O4S/c1-3-19(24)22(2)11-20(25)23-15(10-14(21-23)18-5-4-8-28-18)13-6-7-16-17(9-13)27-12-26-16/h4-9,15H,3,10-12H2,1-2H3. The minimum Gasteiger partial charge on any atom is -0.454 e. The fourth-order valence-electron chi connectivity index (χ4n) is 3.35. The molecule has 4 rings (SSSR count). The number of rotatable bonds is 5. The van der Waals surface area contributed by atoms with E-state index in [-0.39, 0.29) is 31.2 Å². The van der Waals surface area contributed by atoms with Crippen LogP contribution in [0.15, 0.2) is 40.8 Å². The lowest BCUT2D eigenvalue weighted by atomic mass is 10.0. The lowest BCUT2D eigenvalue weighted by Gasteiger charge is -2.25. The number of nitrogens with zero attached hydrogens (tertiary/aromatic N) is 3. The summed E-state index contributed by atoms with van der Waals surface area (Å²) in [6, 6.07) is 9.42. The zero-order valence-electron chi connectivity index (χ0n) is 15.8. The lowest BCUT2D eigenvalue weighted by Crippen LogP contribution is -2.38. The molecule has 0 spiro atoms. The summed E-state index contributed by atoms with van der Waals surface area (Å²) >= 11 is 1.60. The molecule has 1 aromatic heterocycles. The number of thiophene rings is 1. The molecular formula is C20H21N3O4S. The van der Waals surface area contributed by atoms with E-state index in [1.807, 2.05) is 35.7 Å². The van der Waals surface area contributed by atoms with E-state index in [1.54, 1.807) is 25.3 Å². The lowest BCUT2D eigenvalue weighted by molar-refractivity contribution is -0.140. The molecule has 0 N–H and O–H groups in total. The number of carbonyl (C=O) groups is 2. The van der Waals surface area contributed by atoms with Crippen molar-refractivity contribution in [2.24, 2.45) is 5.10 Å². The second-order valence-corrected chi connectivity index (χ2v) is 7.65. The zero-order valence-corrected chi connectivity index (χ0v) is 16.6. The number of amides is 2. The van der Waals surface area contributed by atoms with Crippen molar-refractivity contribution in [1.82, 2.24) is 9.91 Å². The Labute approximate surface area is 167 Å². The highest BCUT2D eigenvalue weighted by atomic mass is 32.1. The number of ether oxygens (including phenoxy) is 2. The minimum atomic E-state index is -0.246. The van der Waals surface area contributed by atoms with Gasteiger partial charge in [-0.3, -0.25) is 9.59 Å². The van der Waals surface area contributed by atoms with Crippen LogP contribution in [0.2, 0.25) is 0 Å². The van der Waals surface area contributed by atoms with Gasteiger partial charge in [0.15, 0.2) is 11.5 Å². The van der Waals surface area contributed by atoms with E-state index >= 15 is 0 Å². The van der Waals surface area contributed by atoms with Crippen molar-refractivity contribution in [1.29, 1.82) is 0 Å². The Morgan fingerprint density at radius 3 is 2.86 bits per heavy atom. The van der Waals surface area contributed by atoms with E-state index in [4.69, 9.17) is 9.47 Å². The molecule has 1 atom stereocenters. The van der Waals surface area contributed by atoms with Gasteiger partial charge in [-0.05, 0) is 29.1 Å². The molecule has 2 aromatic rings. The van der Waals surface area contributed by atoms with Gasteiger partial charge in [-0.1, -0.05) is 19.1 Å². The Bertz CT molecular complexity index is 926. The zero-order chi connectivity index (χ0) is 19.7. The highest BCUT2D eigenvalue weighted by Crippen LogP contribution is 2.39. The van der Waals surface area contributed by atoms with Gasteiger partial charge in [0.2, 0.25) is 12.7 Å². The monoisotopic (exact) mass is 399 g/mol. The van der Waals surface area contributed by atoms with Gasteiger partial charge >= 0.3 is 0 Å². The van der Waals surface area contributed by atoms with Crippen molar-refractivity contribution < 1.29 is 19.1 Å². The van der Waals surface area contributed by atoms with Crippen LogP contribution in [0.1, 0.15) is 36.2 Å². The van der Waals surface area contributed by atoms with Gasteiger partial charge in [-0.15, -0.1) is 11.3 Å². The average molecular weight is 399 g/mol. The van der Waals surface area contributed by atoms with Crippen molar-refractivity contribution >= 4 is 28.9 Å². The van der Waals surface area contributed by atoms with Gasteiger partial charge in [0.05, 0.1) is 16.6 Å². The van der Waals surface area contributed by atoms with Gasteiger partial charge in [0, 0.05) is 19.9 Å². The van der Waals surface area contributed by atoms with E-state index < -0.39 is 0 Å². The summed E-state index contributed by atoms with van der Waals surface area (Å²) in [6.45, 7) is 1.98. The molecule has 1 unspecified atom stereocenters. The number of fused-ring (bicyclic) bond motifs is 1. The molecule has 0 radical (unpaired) electrons. The minimum absolute atomic E-state index is 0.00501. The van der Waals surface area contributed by atoms with Crippen LogP contribution in [0.5, 0.6) is 11.5 Å². The van der Waals surface area contributed by atoms with Gasteiger partial charge < -0.3 is 14.4 Å². The molecule has 0 aliphatic carbocycles. The Balaban J connectivity index is 1.62. The third-order valence-corrected chi connectivity index (χ3v) is 5.77. The Morgan fingerprint density at radius 1 is 1.29 bits per heavy atom. The Morgan fingerprint density at radius 2 is 2.11 bits per heavy atom. The van der Waals surface area contributed by atoms with E-state index in [0.29, 0.717) is 24.3 Å². The third kappa shape index (κ3) is 3.47. The van der Waals surface area contributed by atoms with Crippen LogP contribution >= 0.6 is 11.3 Å². The molecule has 3 heterocycles. The van der Waals surface area contributed by atoms with Crippen LogP contribution < -0.4 is 9.47 Å². The van der Waals surface area contributed by atoms with Crippen LogP contribution in [0.4, 0.5) is 0 Å². The van der Waals surface area contributed by atoms with E-state index in [9.17, 15) is 9.59 Å². The van der Waals surface area contributed by atoms with Crippen molar-refractivity contribution in [3.8, 4) is 11.5 Å². The largest absolute Gasteiger partial charge is 0.454 e. The highest BCUT2D eigenvalue weighted by molar-refractivity contribution is 7.12. The Kier molecular flexibility index (Phi) is 5.04. The van der Waals surface area contributed by atoms with Gasteiger partial charge in [-0.2, -0.15) is 5.10 Å². The molecule has 2 amide bonds. The molecule has 0 bridgehead atoms. The summed E-state index contributed by atoms with van der Waals surface area (Å²) in [7, 11) is 1.64. The number of carbonyl (C=O) groups excluding carboxylic acids is 2. The molecule has 0 fully saturated rings. The van der Waals surface area contributed by atoms with Crippen LogP contribution in [0, 0.1) is 0 Å². The smallest absolute Gasteiger partial charge is 0.262 e. The van der Waals surface area contributed by atoms with Crippen molar-refractivity contribution in [3.63, 3.8) is 0 Å². The van der Waals surface area contributed by atoms with E-state index in [0.717, 1.165) is 16.2 Å². The number of likely N-dealkylation sites (N-methyl/N-ethyl adjacent to an activating group) is 1. The number of hydrazone groups is 1. The molecule has 7 nitrogen and oxygen atoms in total.